The van der Waals surface area contributed by atoms with Gasteiger partial charge in [-0.05, 0) is 11.1 Å². The molecule has 6 rings (SSSR count). The summed E-state index contributed by atoms with van der Waals surface area (Å²) >= 11 is 3.14. The Balaban J connectivity index is 1.99. The summed E-state index contributed by atoms with van der Waals surface area (Å²) in [5, 5.41) is 0. The number of esters is 2. The molecule has 2 atom stereocenters. The quantitative estimate of drug-likeness (QED) is 0.676. The summed E-state index contributed by atoms with van der Waals surface area (Å²) in [5.74, 6) is 1.09. The van der Waals surface area contributed by atoms with E-state index in [0.717, 1.165) is 22.6 Å². The Labute approximate surface area is 161 Å². The average molecular weight is 389 g/mol. The van der Waals surface area contributed by atoms with Crippen LogP contribution in [0.25, 0.3) is 0 Å². The van der Waals surface area contributed by atoms with Gasteiger partial charge in [0.2, 0.25) is 0 Å². The first-order valence-electron chi connectivity index (χ1n) is 8.26. The monoisotopic (exact) mass is 388 g/mol. The van der Waals surface area contributed by atoms with Crippen LogP contribution in [0.3, 0.4) is 0 Å². The molecule has 6 heteroatoms. The second-order valence-electron chi connectivity index (χ2n) is 5.99. The molecular formula is C20H20O4S2. The molecule has 0 saturated carbocycles. The molecule has 2 unspecified atom stereocenters. The summed E-state index contributed by atoms with van der Waals surface area (Å²) in [7, 11) is 0. The fraction of sp³-hybridized carbons (Fsp3) is 0.300. The summed E-state index contributed by atoms with van der Waals surface area (Å²) in [6.07, 6.45) is 0. The Morgan fingerprint density at radius 3 is 1.50 bits per heavy atom. The Morgan fingerprint density at radius 2 is 1.15 bits per heavy atom. The molecule has 4 aliphatic heterocycles. The third kappa shape index (κ3) is 5.05. The number of hydrogen-bond acceptors (Lipinski definition) is 6. The molecule has 0 fully saturated rings. The zero-order valence-corrected chi connectivity index (χ0v) is 16.3. The van der Waals surface area contributed by atoms with Gasteiger partial charge in [0.1, 0.15) is 0 Å². The maximum atomic E-state index is 11.6. The molecule has 4 nitrogen and oxygen atoms in total. The molecule has 0 aromatic heterocycles. The van der Waals surface area contributed by atoms with Gasteiger partial charge in [0.15, 0.2) is 10.9 Å². The van der Waals surface area contributed by atoms with Gasteiger partial charge in [0.25, 0.3) is 0 Å². The van der Waals surface area contributed by atoms with Gasteiger partial charge in [-0.1, -0.05) is 60.3 Å². The van der Waals surface area contributed by atoms with Gasteiger partial charge in [0, 0.05) is 36.5 Å². The van der Waals surface area contributed by atoms with Crippen molar-refractivity contribution in [3.05, 3.63) is 70.8 Å². The van der Waals surface area contributed by atoms with Gasteiger partial charge in [0.05, 0.1) is 0 Å². The zero-order valence-electron chi connectivity index (χ0n) is 14.6. The van der Waals surface area contributed by atoms with Crippen LogP contribution in [-0.4, -0.2) is 11.9 Å². The van der Waals surface area contributed by atoms with Gasteiger partial charge < -0.3 is 9.47 Å². The van der Waals surface area contributed by atoms with Crippen LogP contribution in [0.4, 0.5) is 0 Å². The van der Waals surface area contributed by atoms with E-state index in [-0.39, 0.29) is 11.9 Å². The number of carbonyl (C=O) groups is 2. The lowest BCUT2D eigenvalue weighted by atomic mass is 10.1. The second-order valence-corrected chi connectivity index (χ2v) is 8.11. The van der Waals surface area contributed by atoms with Crippen molar-refractivity contribution in [3.8, 4) is 0 Å². The van der Waals surface area contributed by atoms with Crippen LogP contribution in [-0.2, 0) is 30.6 Å². The molecule has 0 radical (unpaired) electrons. The Kier molecular flexibility index (Phi) is 6.27. The minimum Gasteiger partial charge on any atom is -0.446 e. The van der Waals surface area contributed by atoms with Crippen molar-refractivity contribution in [2.75, 3.05) is 0 Å². The van der Waals surface area contributed by atoms with E-state index in [1.165, 1.54) is 36.7 Å². The highest BCUT2D eigenvalue weighted by atomic mass is 32.2. The lowest BCUT2D eigenvalue weighted by Gasteiger charge is -2.24. The Bertz CT molecular complexity index is 706. The number of hydrogen-bond donors (Lipinski definition) is 0. The molecule has 2 aromatic carbocycles. The van der Waals surface area contributed by atoms with Crippen LogP contribution in [0, 0.1) is 0 Å². The molecule has 0 aliphatic carbocycles. The SMILES string of the molecule is CC(=O)OC1SC(OC(C)=O)c2ccc(cc2)CSCc2ccc1cc2. The summed E-state index contributed by atoms with van der Waals surface area (Å²) < 4.78 is 11.0. The Hall–Kier alpha value is -1.92. The molecule has 136 valence electrons. The van der Waals surface area contributed by atoms with Crippen molar-refractivity contribution in [1.29, 1.82) is 0 Å². The summed E-state index contributed by atoms with van der Waals surface area (Å²) in [4.78, 5) is 23.2. The first kappa shape index (κ1) is 18.9. The number of rotatable bonds is 2. The number of thioether (sulfide) groups is 2. The molecular weight excluding hydrogens is 368 g/mol. The van der Waals surface area contributed by atoms with Gasteiger partial charge >= 0.3 is 11.9 Å². The normalized spacial score (nSPS) is 19.6. The largest absolute Gasteiger partial charge is 0.446 e. The van der Waals surface area contributed by atoms with Crippen molar-refractivity contribution >= 4 is 35.5 Å². The number of benzene rings is 2. The first-order chi connectivity index (χ1) is 12.5. The summed E-state index contributed by atoms with van der Waals surface area (Å²) in [6.45, 7) is 2.76. The van der Waals surface area contributed by atoms with Gasteiger partial charge in [-0.3, -0.25) is 9.59 Å². The van der Waals surface area contributed by atoms with Crippen LogP contribution in [0.5, 0.6) is 0 Å². The average Bonchev–Trinajstić information content (AvgIpc) is 2.61. The molecule has 4 heterocycles. The van der Waals surface area contributed by atoms with E-state index in [4.69, 9.17) is 9.47 Å². The number of carbonyl (C=O) groups excluding carboxylic acids is 2. The molecule has 0 spiro atoms. The lowest BCUT2D eigenvalue weighted by molar-refractivity contribution is -0.143. The zero-order chi connectivity index (χ0) is 18.5. The van der Waals surface area contributed by atoms with E-state index < -0.39 is 10.9 Å². The van der Waals surface area contributed by atoms with Gasteiger partial charge in [-0.15, -0.1) is 0 Å². The summed E-state index contributed by atoms with van der Waals surface area (Å²) in [6, 6.07) is 16.1. The fourth-order valence-electron chi connectivity index (χ4n) is 2.59. The standard InChI is InChI=1S/C20H20O4S2/c1-13(21)23-19-17-7-3-15(4-8-17)11-25-12-16-5-9-18(10-6-16)20(26-19)24-14(2)22/h3-10,19-20H,11-12H2,1-2H3. The highest BCUT2D eigenvalue weighted by Crippen LogP contribution is 2.42. The fourth-order valence-corrected chi connectivity index (χ4v) is 4.78. The van der Waals surface area contributed by atoms with E-state index in [1.807, 2.05) is 60.3 Å². The molecule has 26 heavy (non-hydrogen) atoms. The minimum atomic E-state index is -0.554. The van der Waals surface area contributed by atoms with Gasteiger partial charge in [-0.25, -0.2) is 0 Å². The van der Waals surface area contributed by atoms with Crippen molar-refractivity contribution in [1.82, 2.24) is 0 Å². The van der Waals surface area contributed by atoms with Crippen molar-refractivity contribution in [3.63, 3.8) is 0 Å². The van der Waals surface area contributed by atoms with Crippen LogP contribution in [0.2, 0.25) is 0 Å². The molecule has 4 aliphatic rings. The predicted octanol–water partition coefficient (Wildman–Crippen LogP) is 4.99. The molecule has 0 N–H and O–H groups in total. The smallest absolute Gasteiger partial charge is 0.304 e. The van der Waals surface area contributed by atoms with Crippen molar-refractivity contribution in [2.24, 2.45) is 0 Å². The maximum absolute atomic E-state index is 11.6. The van der Waals surface area contributed by atoms with E-state index in [0.29, 0.717) is 0 Å². The molecule has 0 saturated heterocycles. The van der Waals surface area contributed by atoms with E-state index in [1.54, 1.807) is 0 Å². The van der Waals surface area contributed by atoms with Crippen LogP contribution >= 0.6 is 23.5 Å². The molecule has 0 amide bonds. The second kappa shape index (κ2) is 8.64. The topological polar surface area (TPSA) is 52.6 Å². The summed E-state index contributed by atoms with van der Waals surface area (Å²) in [5.41, 5.74) is 3.06. The minimum absolute atomic E-state index is 0.375. The molecule has 2 aromatic rings. The van der Waals surface area contributed by atoms with Crippen LogP contribution < -0.4 is 0 Å². The van der Waals surface area contributed by atoms with Gasteiger partial charge in [-0.2, -0.15) is 11.8 Å². The van der Waals surface area contributed by atoms with Crippen LogP contribution in [0.1, 0.15) is 47.0 Å². The first-order valence-corrected chi connectivity index (χ1v) is 10.4. The van der Waals surface area contributed by atoms with Crippen molar-refractivity contribution < 1.29 is 19.1 Å². The van der Waals surface area contributed by atoms with E-state index >= 15 is 0 Å². The molecule has 4 bridgehead atoms. The van der Waals surface area contributed by atoms with E-state index in [9.17, 15) is 9.59 Å². The highest BCUT2D eigenvalue weighted by molar-refractivity contribution is 7.99. The maximum Gasteiger partial charge on any atom is 0.304 e. The predicted molar refractivity (Wildman–Crippen MR) is 104 cm³/mol. The highest BCUT2D eigenvalue weighted by Gasteiger charge is 2.25. The lowest BCUT2D eigenvalue weighted by Crippen LogP contribution is -2.12. The van der Waals surface area contributed by atoms with Crippen LogP contribution in [0.15, 0.2) is 48.5 Å². The van der Waals surface area contributed by atoms with Crippen molar-refractivity contribution in [2.45, 2.75) is 36.2 Å². The Morgan fingerprint density at radius 1 is 0.769 bits per heavy atom. The third-order valence-electron chi connectivity index (χ3n) is 3.83. The third-order valence-corrected chi connectivity index (χ3v) is 6.14. The number of ether oxygens (including phenoxy) is 2. The van der Waals surface area contributed by atoms with E-state index in [2.05, 4.69) is 0 Å².